The highest BCUT2D eigenvalue weighted by Gasteiger charge is 2.42. The molecule has 1 amide bonds. The van der Waals surface area contributed by atoms with Crippen LogP contribution in [0.1, 0.15) is 24.3 Å². The van der Waals surface area contributed by atoms with E-state index in [2.05, 4.69) is 10.2 Å². The lowest BCUT2D eigenvalue weighted by molar-refractivity contribution is -0.129. The van der Waals surface area contributed by atoms with Gasteiger partial charge in [0, 0.05) is 25.0 Å². The van der Waals surface area contributed by atoms with E-state index in [0.717, 1.165) is 23.8 Å². The minimum Gasteiger partial charge on any atom is -0.359 e. The third-order valence-electron chi connectivity index (χ3n) is 3.86. The molecule has 106 valence electrons. The molecule has 0 radical (unpaired) electrons. The Morgan fingerprint density at radius 1 is 1.68 bits per heavy atom. The number of thiophene rings is 1. The Morgan fingerprint density at radius 3 is 2.95 bits per heavy atom. The average molecular weight is 302 g/mol. The van der Waals surface area contributed by atoms with Gasteiger partial charge in [0.1, 0.15) is 0 Å². The number of amides is 1. The van der Waals surface area contributed by atoms with E-state index in [9.17, 15) is 4.79 Å². The highest BCUT2D eigenvalue weighted by molar-refractivity contribution is 7.16. The summed E-state index contributed by atoms with van der Waals surface area (Å²) >= 11 is 7.56. The Labute approximate surface area is 122 Å². The van der Waals surface area contributed by atoms with Gasteiger partial charge in [0.05, 0.1) is 15.8 Å². The lowest BCUT2D eigenvalue weighted by atomic mass is 9.89. The second-order valence-corrected chi connectivity index (χ2v) is 7.00. The molecule has 4 nitrogen and oxygen atoms in total. The first-order chi connectivity index (χ1) is 9.00. The van der Waals surface area contributed by atoms with E-state index in [1.807, 2.05) is 19.1 Å². The van der Waals surface area contributed by atoms with Gasteiger partial charge >= 0.3 is 0 Å². The molecule has 1 aromatic rings. The zero-order chi connectivity index (χ0) is 14.0. The topological polar surface area (TPSA) is 58.4 Å². The molecule has 1 aromatic heterocycles. The molecular formula is C13H20ClN3OS. The number of carbonyl (C=O) groups excluding carboxylic acids is 1. The summed E-state index contributed by atoms with van der Waals surface area (Å²) in [5.74, 6) is 0.106. The molecule has 2 heterocycles. The first kappa shape index (κ1) is 14.8. The van der Waals surface area contributed by atoms with Crippen molar-refractivity contribution >= 4 is 28.8 Å². The first-order valence-electron chi connectivity index (χ1n) is 6.41. The monoisotopic (exact) mass is 301 g/mol. The Hall–Kier alpha value is -0.620. The molecule has 1 fully saturated rings. The largest absolute Gasteiger partial charge is 0.359 e. The number of rotatable bonds is 4. The van der Waals surface area contributed by atoms with Crippen molar-refractivity contribution in [2.45, 2.75) is 19.4 Å². The van der Waals surface area contributed by atoms with Crippen molar-refractivity contribution in [2.24, 2.45) is 11.1 Å². The number of likely N-dealkylation sites (tertiary alicyclic amines) is 1. The maximum atomic E-state index is 11.9. The van der Waals surface area contributed by atoms with E-state index < -0.39 is 0 Å². The zero-order valence-electron chi connectivity index (χ0n) is 11.3. The molecule has 0 spiro atoms. The lowest BCUT2D eigenvalue weighted by Crippen LogP contribution is -2.40. The fourth-order valence-electron chi connectivity index (χ4n) is 2.70. The number of halogens is 1. The summed E-state index contributed by atoms with van der Waals surface area (Å²) in [4.78, 5) is 15.4. The second kappa shape index (κ2) is 5.79. The molecule has 1 aliphatic heterocycles. The van der Waals surface area contributed by atoms with Gasteiger partial charge in [-0.25, -0.2) is 0 Å². The number of nitrogens with two attached hydrogens (primary N) is 1. The van der Waals surface area contributed by atoms with Gasteiger partial charge in [0.25, 0.3) is 0 Å². The molecule has 0 bridgehead atoms. The van der Waals surface area contributed by atoms with Gasteiger partial charge in [-0.1, -0.05) is 11.6 Å². The van der Waals surface area contributed by atoms with Gasteiger partial charge in [-0.2, -0.15) is 0 Å². The SMILES string of the molecule is CNC(=O)C1(C)CCN(C(CN)c2ccc(Cl)s2)C1. The number of hydrogen-bond donors (Lipinski definition) is 2. The Balaban J connectivity index is 2.12. The minimum absolute atomic E-state index is 0.106. The van der Waals surface area contributed by atoms with Crippen LogP contribution in [0.2, 0.25) is 4.34 Å². The molecule has 3 N–H and O–H groups in total. The van der Waals surface area contributed by atoms with Crippen LogP contribution in [0.5, 0.6) is 0 Å². The zero-order valence-corrected chi connectivity index (χ0v) is 12.9. The Morgan fingerprint density at radius 2 is 2.42 bits per heavy atom. The third-order valence-corrected chi connectivity index (χ3v) is 5.20. The standard InChI is InChI=1S/C13H20ClN3OS/c1-13(12(18)16-2)5-6-17(8-13)9(7-15)10-3-4-11(14)19-10/h3-4,9H,5-8,15H2,1-2H3,(H,16,18). The van der Waals surface area contributed by atoms with Crippen LogP contribution in [0.15, 0.2) is 12.1 Å². The van der Waals surface area contributed by atoms with Crippen LogP contribution in [-0.2, 0) is 4.79 Å². The van der Waals surface area contributed by atoms with Gasteiger partial charge < -0.3 is 11.1 Å². The quantitative estimate of drug-likeness (QED) is 0.892. The summed E-state index contributed by atoms with van der Waals surface area (Å²) < 4.78 is 0.779. The molecule has 6 heteroatoms. The number of hydrogen-bond acceptors (Lipinski definition) is 4. The smallest absolute Gasteiger partial charge is 0.227 e. The molecule has 2 unspecified atom stereocenters. The molecule has 1 saturated heterocycles. The second-order valence-electron chi connectivity index (χ2n) is 5.25. The minimum atomic E-state index is -0.316. The highest BCUT2D eigenvalue weighted by atomic mass is 35.5. The van der Waals surface area contributed by atoms with Crippen LogP contribution >= 0.6 is 22.9 Å². The van der Waals surface area contributed by atoms with Crippen molar-refractivity contribution in [3.8, 4) is 0 Å². The van der Waals surface area contributed by atoms with Crippen molar-refractivity contribution in [3.63, 3.8) is 0 Å². The van der Waals surface area contributed by atoms with Crippen molar-refractivity contribution in [1.82, 2.24) is 10.2 Å². The maximum absolute atomic E-state index is 11.9. The first-order valence-corrected chi connectivity index (χ1v) is 7.61. The maximum Gasteiger partial charge on any atom is 0.227 e. The Bertz CT molecular complexity index is 464. The summed E-state index contributed by atoms with van der Waals surface area (Å²) in [5, 5.41) is 2.75. The van der Waals surface area contributed by atoms with Gasteiger partial charge in [-0.15, -0.1) is 11.3 Å². The molecule has 2 rings (SSSR count). The molecule has 19 heavy (non-hydrogen) atoms. The average Bonchev–Trinajstić information content (AvgIpc) is 2.98. The van der Waals surface area contributed by atoms with E-state index >= 15 is 0 Å². The summed E-state index contributed by atoms with van der Waals surface area (Å²) in [6, 6.07) is 4.09. The predicted octanol–water partition coefficient (Wildman–Crippen LogP) is 1.86. The Kier molecular flexibility index (Phi) is 4.50. The van der Waals surface area contributed by atoms with Crippen LogP contribution in [0.4, 0.5) is 0 Å². The van der Waals surface area contributed by atoms with Crippen molar-refractivity contribution in [1.29, 1.82) is 0 Å². The fraction of sp³-hybridized carbons (Fsp3) is 0.615. The number of carbonyl (C=O) groups is 1. The van der Waals surface area contributed by atoms with Crippen LogP contribution < -0.4 is 11.1 Å². The van der Waals surface area contributed by atoms with Crippen LogP contribution in [0.3, 0.4) is 0 Å². The normalized spacial score (nSPS) is 25.5. The van der Waals surface area contributed by atoms with Gasteiger partial charge in [0.2, 0.25) is 5.91 Å². The van der Waals surface area contributed by atoms with Crippen LogP contribution in [-0.4, -0.2) is 37.5 Å². The van der Waals surface area contributed by atoms with Crippen LogP contribution in [0, 0.1) is 5.41 Å². The van der Waals surface area contributed by atoms with E-state index in [1.54, 1.807) is 18.4 Å². The summed E-state index contributed by atoms with van der Waals surface area (Å²) in [5.41, 5.74) is 5.60. The van der Waals surface area contributed by atoms with E-state index in [0.29, 0.717) is 6.54 Å². The molecule has 0 aliphatic carbocycles. The predicted molar refractivity (Wildman–Crippen MR) is 79.5 cm³/mol. The van der Waals surface area contributed by atoms with E-state index in [4.69, 9.17) is 17.3 Å². The van der Waals surface area contributed by atoms with Gasteiger partial charge in [-0.05, 0) is 32.0 Å². The summed E-state index contributed by atoms with van der Waals surface area (Å²) in [6.45, 7) is 4.19. The fourth-order valence-corrected chi connectivity index (χ4v) is 3.91. The van der Waals surface area contributed by atoms with Gasteiger partial charge in [-0.3, -0.25) is 9.69 Å². The number of nitrogens with one attached hydrogen (secondary N) is 1. The van der Waals surface area contributed by atoms with E-state index in [1.165, 1.54) is 4.88 Å². The highest BCUT2D eigenvalue weighted by Crippen LogP contribution is 2.37. The van der Waals surface area contributed by atoms with Crippen molar-refractivity contribution in [2.75, 3.05) is 26.7 Å². The van der Waals surface area contributed by atoms with Crippen LogP contribution in [0.25, 0.3) is 0 Å². The third kappa shape index (κ3) is 2.94. The van der Waals surface area contributed by atoms with Crippen molar-refractivity contribution in [3.05, 3.63) is 21.3 Å². The number of nitrogens with zero attached hydrogens (tertiary/aromatic N) is 1. The van der Waals surface area contributed by atoms with Gasteiger partial charge in [0.15, 0.2) is 0 Å². The molecule has 0 saturated carbocycles. The summed E-state index contributed by atoms with van der Waals surface area (Å²) in [7, 11) is 1.69. The molecule has 1 aliphatic rings. The molecule has 2 atom stereocenters. The summed E-state index contributed by atoms with van der Waals surface area (Å²) in [6.07, 6.45) is 0.863. The van der Waals surface area contributed by atoms with E-state index in [-0.39, 0.29) is 17.4 Å². The molecule has 0 aromatic carbocycles. The molecular weight excluding hydrogens is 282 g/mol. The van der Waals surface area contributed by atoms with Crippen molar-refractivity contribution < 1.29 is 4.79 Å². The lowest BCUT2D eigenvalue weighted by Gasteiger charge is -2.28.